The maximum Gasteiger partial charge on any atom is 0.0484 e. The van der Waals surface area contributed by atoms with Crippen molar-refractivity contribution in [3.8, 4) is 0 Å². The molecule has 0 saturated carbocycles. The highest BCUT2D eigenvalue weighted by Gasteiger charge is 1.89. The van der Waals surface area contributed by atoms with Crippen LogP contribution in [0.15, 0.2) is 36.5 Å². The van der Waals surface area contributed by atoms with E-state index in [0.29, 0.717) is 0 Å². The molecular formula is C15H25NS. The summed E-state index contributed by atoms with van der Waals surface area (Å²) in [4.78, 5) is 3.12. The number of hydrogen-bond acceptors (Lipinski definition) is 1. The molecule has 0 aliphatic heterocycles. The molecule has 0 aliphatic carbocycles. The molecule has 1 heterocycles. The minimum atomic E-state index is 0.902. The van der Waals surface area contributed by atoms with E-state index in [1.807, 2.05) is 78.1 Å². The Kier molecular flexibility index (Phi) is 13.8. The summed E-state index contributed by atoms with van der Waals surface area (Å²) < 4.78 is 0.902. The summed E-state index contributed by atoms with van der Waals surface area (Å²) in [5.74, 6) is 0. The Bertz CT molecular complexity index is 427. The van der Waals surface area contributed by atoms with E-state index in [0.717, 1.165) is 15.4 Å². The summed E-state index contributed by atoms with van der Waals surface area (Å²) in [5.41, 5.74) is 1.10. The highest BCUT2D eigenvalue weighted by molar-refractivity contribution is 7.71. The van der Waals surface area contributed by atoms with Crippen molar-refractivity contribution in [2.45, 2.75) is 41.5 Å². The van der Waals surface area contributed by atoms with Crippen LogP contribution in [-0.2, 0) is 0 Å². The second-order valence-electron chi connectivity index (χ2n) is 2.39. The lowest BCUT2D eigenvalue weighted by Gasteiger charge is -1.94. The Morgan fingerprint density at radius 1 is 0.824 bits per heavy atom. The topological polar surface area (TPSA) is 15.8 Å². The van der Waals surface area contributed by atoms with Crippen LogP contribution in [0.5, 0.6) is 0 Å². The van der Waals surface area contributed by atoms with Gasteiger partial charge >= 0.3 is 0 Å². The summed E-state index contributed by atoms with van der Waals surface area (Å²) in [6, 6.07) is 9.93. The molecule has 2 rings (SSSR count). The summed E-state index contributed by atoms with van der Waals surface area (Å²) >= 11 is 5.13. The van der Waals surface area contributed by atoms with Gasteiger partial charge in [-0.05, 0) is 12.1 Å². The van der Waals surface area contributed by atoms with Gasteiger partial charge in [0.2, 0.25) is 0 Å². The summed E-state index contributed by atoms with van der Waals surface area (Å²) in [6.07, 6.45) is 1.87. The number of fused-ring (bicyclic) bond motifs is 1. The van der Waals surface area contributed by atoms with Gasteiger partial charge in [-0.3, -0.25) is 0 Å². The average Bonchev–Trinajstić information content (AvgIpc) is 2.46. The van der Waals surface area contributed by atoms with E-state index in [4.69, 9.17) is 12.2 Å². The number of pyridine rings is 1. The van der Waals surface area contributed by atoms with E-state index in [2.05, 4.69) is 4.98 Å². The number of rotatable bonds is 0. The van der Waals surface area contributed by atoms with Crippen molar-refractivity contribution in [2.24, 2.45) is 0 Å². The number of benzene rings is 1. The van der Waals surface area contributed by atoms with Crippen LogP contribution in [0, 0.1) is 4.51 Å². The number of nitrogens with one attached hydrogen (secondary N) is 1. The standard InChI is InChI=1S/C9H7NS.3C2H6/c11-9-5-6-10-8-4-2-1-3-7(8)9;3*1-2/h1-6H,(H,10,11);3*1-2H3. The van der Waals surface area contributed by atoms with Crippen LogP contribution in [0.1, 0.15) is 41.5 Å². The van der Waals surface area contributed by atoms with Crippen molar-refractivity contribution in [1.82, 2.24) is 4.98 Å². The molecule has 1 nitrogen and oxygen atoms in total. The zero-order valence-corrected chi connectivity index (χ0v) is 12.7. The van der Waals surface area contributed by atoms with Crippen molar-refractivity contribution >= 4 is 23.1 Å². The van der Waals surface area contributed by atoms with Crippen molar-refractivity contribution in [3.05, 3.63) is 41.0 Å². The highest BCUT2D eigenvalue weighted by Crippen LogP contribution is 2.10. The summed E-state index contributed by atoms with van der Waals surface area (Å²) in [7, 11) is 0. The van der Waals surface area contributed by atoms with Gasteiger partial charge < -0.3 is 4.98 Å². The van der Waals surface area contributed by atoms with Gasteiger partial charge in [0, 0.05) is 21.6 Å². The van der Waals surface area contributed by atoms with Crippen molar-refractivity contribution in [1.29, 1.82) is 0 Å². The Balaban J connectivity index is 0. The van der Waals surface area contributed by atoms with Crippen LogP contribution in [0.3, 0.4) is 0 Å². The summed E-state index contributed by atoms with van der Waals surface area (Å²) in [6.45, 7) is 12.0. The molecule has 0 fully saturated rings. The van der Waals surface area contributed by atoms with E-state index >= 15 is 0 Å². The Morgan fingerprint density at radius 3 is 1.88 bits per heavy atom. The molecule has 0 bridgehead atoms. The maximum absolute atomic E-state index is 5.13. The third-order valence-electron chi connectivity index (χ3n) is 1.67. The fraction of sp³-hybridized carbons (Fsp3) is 0.400. The van der Waals surface area contributed by atoms with Crippen molar-refractivity contribution < 1.29 is 0 Å². The van der Waals surface area contributed by atoms with Crippen LogP contribution in [-0.4, -0.2) is 4.98 Å². The number of H-pyrrole nitrogens is 1. The van der Waals surface area contributed by atoms with Crippen molar-refractivity contribution in [3.63, 3.8) is 0 Å². The van der Waals surface area contributed by atoms with Gasteiger partial charge in [0.05, 0.1) is 0 Å². The number of hydrogen-bond donors (Lipinski definition) is 1. The predicted molar refractivity (Wildman–Crippen MR) is 83.2 cm³/mol. The molecular weight excluding hydrogens is 226 g/mol. The zero-order valence-electron chi connectivity index (χ0n) is 11.9. The monoisotopic (exact) mass is 251 g/mol. The highest BCUT2D eigenvalue weighted by atomic mass is 32.1. The largest absolute Gasteiger partial charge is 0.361 e. The van der Waals surface area contributed by atoms with Crippen LogP contribution in [0.25, 0.3) is 10.9 Å². The Morgan fingerprint density at radius 2 is 1.35 bits per heavy atom. The first-order chi connectivity index (χ1) is 8.38. The quantitative estimate of drug-likeness (QED) is 0.570. The molecule has 0 saturated heterocycles. The molecule has 0 radical (unpaired) electrons. The third kappa shape index (κ3) is 6.22. The third-order valence-corrected chi connectivity index (χ3v) is 2.02. The minimum absolute atomic E-state index is 0.902. The van der Waals surface area contributed by atoms with Crippen LogP contribution in [0.4, 0.5) is 0 Å². The Hall–Kier alpha value is -1.15. The zero-order chi connectivity index (χ0) is 13.7. The molecule has 2 heteroatoms. The van der Waals surface area contributed by atoms with Crippen LogP contribution < -0.4 is 0 Å². The van der Waals surface area contributed by atoms with Gasteiger partial charge in [-0.25, -0.2) is 0 Å². The molecule has 1 N–H and O–H groups in total. The average molecular weight is 251 g/mol. The van der Waals surface area contributed by atoms with E-state index in [9.17, 15) is 0 Å². The SMILES string of the molecule is CC.CC.CC.S=c1cc[nH]c2ccccc12. The first-order valence-corrected chi connectivity index (χ1v) is 6.85. The van der Waals surface area contributed by atoms with Gasteiger partial charge in [-0.15, -0.1) is 0 Å². The first-order valence-electron chi connectivity index (χ1n) is 6.44. The second-order valence-corrected chi connectivity index (χ2v) is 2.83. The van der Waals surface area contributed by atoms with Crippen LogP contribution in [0.2, 0.25) is 0 Å². The molecule has 96 valence electrons. The molecule has 0 amide bonds. The molecule has 0 spiro atoms. The maximum atomic E-state index is 5.13. The van der Waals surface area contributed by atoms with Gasteiger partial charge in [-0.1, -0.05) is 72.0 Å². The lowest BCUT2D eigenvalue weighted by Crippen LogP contribution is -1.76. The molecule has 1 aromatic heterocycles. The number of para-hydroxylation sites is 1. The first kappa shape index (κ1) is 18.2. The fourth-order valence-electron chi connectivity index (χ4n) is 1.12. The van der Waals surface area contributed by atoms with E-state index < -0.39 is 0 Å². The minimum Gasteiger partial charge on any atom is -0.361 e. The van der Waals surface area contributed by atoms with Crippen LogP contribution >= 0.6 is 12.2 Å². The normalized spacial score (nSPS) is 7.65. The lowest BCUT2D eigenvalue weighted by molar-refractivity contribution is 1.41. The predicted octanol–water partition coefficient (Wildman–Crippen LogP) is 5.98. The van der Waals surface area contributed by atoms with Gasteiger partial charge in [0.1, 0.15) is 0 Å². The Labute approximate surface area is 111 Å². The molecule has 17 heavy (non-hydrogen) atoms. The molecule has 0 atom stereocenters. The van der Waals surface area contributed by atoms with Gasteiger partial charge in [0.15, 0.2) is 0 Å². The van der Waals surface area contributed by atoms with Gasteiger partial charge in [-0.2, -0.15) is 0 Å². The van der Waals surface area contributed by atoms with Gasteiger partial charge in [0.25, 0.3) is 0 Å². The fourth-order valence-corrected chi connectivity index (χ4v) is 1.37. The molecule has 0 unspecified atom stereocenters. The smallest absolute Gasteiger partial charge is 0.0484 e. The molecule has 1 aromatic carbocycles. The number of aromatic nitrogens is 1. The summed E-state index contributed by atoms with van der Waals surface area (Å²) in [5, 5.41) is 1.12. The van der Waals surface area contributed by atoms with Crippen molar-refractivity contribution in [2.75, 3.05) is 0 Å². The van der Waals surface area contributed by atoms with E-state index in [1.165, 1.54) is 0 Å². The number of aromatic amines is 1. The second kappa shape index (κ2) is 12.9. The van der Waals surface area contributed by atoms with E-state index in [1.54, 1.807) is 0 Å². The lowest BCUT2D eigenvalue weighted by atomic mass is 10.2. The molecule has 0 aliphatic rings. The van der Waals surface area contributed by atoms with E-state index in [-0.39, 0.29) is 0 Å². The molecule has 2 aromatic rings.